The zero-order valence-electron chi connectivity index (χ0n) is 8.68. The summed E-state index contributed by atoms with van der Waals surface area (Å²) >= 11 is 5.96. The van der Waals surface area contributed by atoms with Crippen molar-refractivity contribution in [1.82, 2.24) is 0 Å². The molecule has 0 amide bonds. The number of Topliss-reactive ketones (excluding diaryl/α,β-unsaturated/α-hetero) is 1. The zero-order valence-corrected chi connectivity index (χ0v) is 9.43. The summed E-state index contributed by atoms with van der Waals surface area (Å²) in [4.78, 5) is 11.8. The Bertz CT molecular complexity index is 399. The molecule has 0 radical (unpaired) electrons. The van der Waals surface area contributed by atoms with Gasteiger partial charge < -0.3 is 4.74 Å². The Labute approximate surface area is 94.2 Å². The minimum atomic E-state index is 0.123. The van der Waals surface area contributed by atoms with Crippen LogP contribution in [0, 0.1) is 0 Å². The van der Waals surface area contributed by atoms with Crippen LogP contribution in [0.2, 0.25) is 5.02 Å². The van der Waals surface area contributed by atoms with E-state index in [1.54, 1.807) is 6.07 Å². The summed E-state index contributed by atoms with van der Waals surface area (Å²) < 4.78 is 5.47. The van der Waals surface area contributed by atoms with Crippen LogP contribution in [0.25, 0.3) is 0 Å². The normalized spacial score (nSPS) is 13.5. The topological polar surface area (TPSA) is 26.3 Å². The number of halogens is 1. The number of benzene rings is 1. The van der Waals surface area contributed by atoms with Crippen LogP contribution in [0.1, 0.15) is 35.7 Å². The largest absolute Gasteiger partial charge is 0.492 e. The van der Waals surface area contributed by atoms with E-state index in [9.17, 15) is 4.79 Å². The third-order valence-corrected chi connectivity index (χ3v) is 2.74. The Balaban J connectivity index is 2.42. The van der Waals surface area contributed by atoms with Gasteiger partial charge in [0, 0.05) is 17.9 Å². The van der Waals surface area contributed by atoms with Gasteiger partial charge in [-0.05, 0) is 24.1 Å². The van der Waals surface area contributed by atoms with Crippen molar-refractivity contribution in [2.45, 2.75) is 26.2 Å². The van der Waals surface area contributed by atoms with E-state index in [1.807, 2.05) is 13.0 Å². The molecule has 1 aliphatic heterocycles. The number of rotatable bonds is 3. The molecule has 1 heterocycles. The van der Waals surface area contributed by atoms with Crippen LogP contribution < -0.4 is 4.74 Å². The van der Waals surface area contributed by atoms with Gasteiger partial charge in [-0.15, -0.1) is 0 Å². The van der Waals surface area contributed by atoms with Crippen LogP contribution in [0.15, 0.2) is 12.1 Å². The molecular weight excluding hydrogens is 212 g/mol. The first-order chi connectivity index (χ1) is 7.22. The fourth-order valence-corrected chi connectivity index (χ4v) is 2.08. The van der Waals surface area contributed by atoms with E-state index in [0.717, 1.165) is 24.2 Å². The highest BCUT2D eigenvalue weighted by Gasteiger charge is 2.21. The SMILES string of the molecule is CCCC(=O)c1cc(Cl)cc2c1OCC2. The molecule has 1 aliphatic rings. The van der Waals surface area contributed by atoms with Gasteiger partial charge in [0.25, 0.3) is 0 Å². The molecule has 0 saturated heterocycles. The van der Waals surface area contributed by atoms with Crippen molar-refractivity contribution in [3.8, 4) is 5.75 Å². The Morgan fingerprint density at radius 3 is 3.07 bits per heavy atom. The average Bonchev–Trinajstić information content (AvgIpc) is 2.64. The second-order valence-electron chi connectivity index (χ2n) is 3.71. The lowest BCUT2D eigenvalue weighted by Crippen LogP contribution is -2.01. The van der Waals surface area contributed by atoms with E-state index in [0.29, 0.717) is 23.6 Å². The minimum absolute atomic E-state index is 0.123. The predicted molar refractivity (Wildman–Crippen MR) is 59.9 cm³/mol. The summed E-state index contributed by atoms with van der Waals surface area (Å²) in [5.74, 6) is 0.871. The molecule has 0 fully saturated rings. The molecule has 0 N–H and O–H groups in total. The van der Waals surface area contributed by atoms with Gasteiger partial charge in [0.2, 0.25) is 0 Å². The Kier molecular flexibility index (Phi) is 2.96. The van der Waals surface area contributed by atoms with Crippen molar-refractivity contribution in [3.05, 3.63) is 28.3 Å². The molecule has 0 saturated carbocycles. The number of hydrogen-bond acceptors (Lipinski definition) is 2. The highest BCUT2D eigenvalue weighted by molar-refractivity contribution is 6.31. The third-order valence-electron chi connectivity index (χ3n) is 2.53. The molecule has 3 heteroatoms. The van der Waals surface area contributed by atoms with Crippen LogP contribution in [-0.2, 0) is 6.42 Å². The fraction of sp³-hybridized carbons (Fsp3) is 0.417. The lowest BCUT2D eigenvalue weighted by atomic mass is 10.0. The van der Waals surface area contributed by atoms with E-state index in [4.69, 9.17) is 16.3 Å². The van der Waals surface area contributed by atoms with Crippen LogP contribution in [0.4, 0.5) is 0 Å². The molecule has 80 valence electrons. The van der Waals surface area contributed by atoms with Gasteiger partial charge in [-0.1, -0.05) is 18.5 Å². The summed E-state index contributed by atoms with van der Waals surface area (Å²) in [5.41, 5.74) is 1.71. The molecule has 0 aromatic heterocycles. The zero-order chi connectivity index (χ0) is 10.8. The molecule has 1 aromatic carbocycles. The number of ketones is 1. The van der Waals surface area contributed by atoms with Crippen LogP contribution >= 0.6 is 11.6 Å². The number of fused-ring (bicyclic) bond motifs is 1. The fourth-order valence-electron chi connectivity index (χ4n) is 1.84. The lowest BCUT2D eigenvalue weighted by molar-refractivity contribution is 0.0978. The van der Waals surface area contributed by atoms with Crippen molar-refractivity contribution in [2.75, 3.05) is 6.61 Å². The van der Waals surface area contributed by atoms with Gasteiger partial charge in [0.05, 0.1) is 12.2 Å². The Morgan fingerprint density at radius 1 is 1.53 bits per heavy atom. The van der Waals surface area contributed by atoms with Crippen LogP contribution in [0.3, 0.4) is 0 Å². The standard InChI is InChI=1S/C12H13ClO2/c1-2-3-11(14)10-7-9(13)6-8-4-5-15-12(8)10/h6-7H,2-5H2,1H3. The van der Waals surface area contributed by atoms with E-state index in [2.05, 4.69) is 0 Å². The summed E-state index contributed by atoms with van der Waals surface area (Å²) in [6.07, 6.45) is 2.25. The maximum atomic E-state index is 11.8. The molecule has 0 aliphatic carbocycles. The van der Waals surface area contributed by atoms with Crippen molar-refractivity contribution in [1.29, 1.82) is 0 Å². The maximum Gasteiger partial charge on any atom is 0.166 e. The van der Waals surface area contributed by atoms with Crippen LogP contribution in [-0.4, -0.2) is 12.4 Å². The second kappa shape index (κ2) is 4.23. The van der Waals surface area contributed by atoms with Gasteiger partial charge in [0.1, 0.15) is 5.75 Å². The summed E-state index contributed by atoms with van der Waals surface area (Å²) in [6.45, 7) is 2.64. The maximum absolute atomic E-state index is 11.8. The van der Waals surface area contributed by atoms with Gasteiger partial charge in [-0.2, -0.15) is 0 Å². The van der Waals surface area contributed by atoms with E-state index < -0.39 is 0 Å². The molecule has 0 atom stereocenters. The van der Waals surface area contributed by atoms with Gasteiger partial charge in [-0.3, -0.25) is 4.79 Å². The van der Waals surface area contributed by atoms with E-state index in [1.165, 1.54) is 0 Å². The lowest BCUT2D eigenvalue weighted by Gasteiger charge is -2.07. The molecule has 1 aromatic rings. The molecule has 0 unspecified atom stereocenters. The number of carbonyl (C=O) groups is 1. The van der Waals surface area contributed by atoms with Crippen molar-refractivity contribution in [2.24, 2.45) is 0 Å². The number of carbonyl (C=O) groups excluding carboxylic acids is 1. The van der Waals surface area contributed by atoms with Crippen molar-refractivity contribution >= 4 is 17.4 Å². The first kappa shape index (κ1) is 10.5. The molecule has 0 spiro atoms. The quantitative estimate of drug-likeness (QED) is 0.737. The molecule has 2 rings (SSSR count). The molecule has 0 bridgehead atoms. The summed E-state index contributed by atoms with van der Waals surface area (Å²) in [7, 11) is 0. The molecular formula is C12H13ClO2. The second-order valence-corrected chi connectivity index (χ2v) is 4.15. The smallest absolute Gasteiger partial charge is 0.166 e. The molecule has 2 nitrogen and oxygen atoms in total. The van der Waals surface area contributed by atoms with Gasteiger partial charge in [-0.25, -0.2) is 0 Å². The summed E-state index contributed by atoms with van der Waals surface area (Å²) in [5, 5.41) is 0.624. The van der Waals surface area contributed by atoms with E-state index in [-0.39, 0.29) is 5.78 Å². The van der Waals surface area contributed by atoms with Crippen molar-refractivity contribution < 1.29 is 9.53 Å². The third kappa shape index (κ3) is 2.00. The van der Waals surface area contributed by atoms with Crippen molar-refractivity contribution in [3.63, 3.8) is 0 Å². The van der Waals surface area contributed by atoms with E-state index >= 15 is 0 Å². The number of ether oxygens (including phenoxy) is 1. The van der Waals surface area contributed by atoms with Gasteiger partial charge in [0.15, 0.2) is 5.78 Å². The predicted octanol–water partition coefficient (Wildman–Crippen LogP) is 3.26. The first-order valence-electron chi connectivity index (χ1n) is 5.20. The first-order valence-corrected chi connectivity index (χ1v) is 5.58. The Morgan fingerprint density at radius 2 is 2.33 bits per heavy atom. The van der Waals surface area contributed by atoms with Gasteiger partial charge >= 0.3 is 0 Å². The highest BCUT2D eigenvalue weighted by atomic mass is 35.5. The number of hydrogen-bond donors (Lipinski definition) is 0. The minimum Gasteiger partial charge on any atom is -0.492 e. The average molecular weight is 225 g/mol. The highest BCUT2D eigenvalue weighted by Crippen LogP contribution is 2.33. The monoisotopic (exact) mass is 224 g/mol. The molecule has 15 heavy (non-hydrogen) atoms. The Hall–Kier alpha value is -1.02. The summed E-state index contributed by atoms with van der Waals surface area (Å²) in [6, 6.07) is 3.59. The van der Waals surface area contributed by atoms with Crippen LogP contribution in [0.5, 0.6) is 5.75 Å².